The van der Waals surface area contributed by atoms with E-state index in [-0.39, 0.29) is 11.5 Å². The molecule has 0 spiro atoms. The van der Waals surface area contributed by atoms with Crippen LogP contribution >= 0.6 is 11.6 Å². The molecule has 0 radical (unpaired) electrons. The van der Waals surface area contributed by atoms with E-state index < -0.39 is 5.56 Å². The maximum Gasteiger partial charge on any atom is 0.261 e. The van der Waals surface area contributed by atoms with Crippen LogP contribution in [0.1, 0.15) is 36.3 Å². The number of aryl methyl sites for hydroxylation is 1. The van der Waals surface area contributed by atoms with Crippen LogP contribution in [0.3, 0.4) is 0 Å². The molecule has 0 saturated carbocycles. The van der Waals surface area contributed by atoms with E-state index in [1.165, 1.54) is 6.07 Å². The molecule has 1 heterocycles. The fraction of sp³-hybridized carbons (Fsp3) is 0.500. The number of hydrogen-bond acceptors (Lipinski definition) is 2. The summed E-state index contributed by atoms with van der Waals surface area (Å²) in [6.45, 7) is 6.38. The lowest BCUT2D eigenvalue weighted by molar-refractivity contribution is 0.0950. The summed E-state index contributed by atoms with van der Waals surface area (Å²) in [5.41, 5.74) is 0.216. The highest BCUT2D eigenvalue weighted by Gasteiger charge is 2.12. The molecule has 1 rings (SSSR count). The molecule has 0 bridgehead atoms. The molecule has 1 aromatic heterocycles. The van der Waals surface area contributed by atoms with Crippen LogP contribution in [-0.2, 0) is 0 Å². The zero-order valence-corrected chi connectivity index (χ0v) is 11.0. The number of pyridine rings is 1. The summed E-state index contributed by atoms with van der Waals surface area (Å²) < 4.78 is 0. The Bertz CT molecular complexity index is 466. The Morgan fingerprint density at radius 3 is 2.76 bits per heavy atom. The number of nitrogens with one attached hydrogen (secondary N) is 2. The predicted molar refractivity (Wildman–Crippen MR) is 68.6 cm³/mol. The number of rotatable bonds is 4. The second-order valence-corrected chi connectivity index (χ2v) is 4.83. The lowest BCUT2D eigenvalue weighted by Crippen LogP contribution is -2.31. The van der Waals surface area contributed by atoms with Gasteiger partial charge in [-0.3, -0.25) is 9.59 Å². The van der Waals surface area contributed by atoms with E-state index in [4.69, 9.17) is 11.6 Å². The van der Waals surface area contributed by atoms with Gasteiger partial charge in [0.1, 0.15) is 5.56 Å². The molecule has 17 heavy (non-hydrogen) atoms. The van der Waals surface area contributed by atoms with Crippen LogP contribution in [0.15, 0.2) is 10.9 Å². The van der Waals surface area contributed by atoms with E-state index in [0.717, 1.165) is 6.42 Å². The number of halogens is 1. The van der Waals surface area contributed by atoms with Gasteiger partial charge in [-0.1, -0.05) is 25.4 Å². The topological polar surface area (TPSA) is 62.0 Å². The van der Waals surface area contributed by atoms with Crippen molar-refractivity contribution in [1.29, 1.82) is 0 Å². The molecule has 0 fully saturated rings. The van der Waals surface area contributed by atoms with Crippen LogP contribution in [0.5, 0.6) is 0 Å². The lowest BCUT2D eigenvalue weighted by Gasteiger charge is -2.07. The summed E-state index contributed by atoms with van der Waals surface area (Å²) in [7, 11) is 0. The van der Waals surface area contributed by atoms with E-state index in [1.807, 2.05) is 0 Å². The van der Waals surface area contributed by atoms with Gasteiger partial charge in [-0.25, -0.2) is 0 Å². The van der Waals surface area contributed by atoms with Crippen molar-refractivity contribution in [3.05, 3.63) is 32.7 Å². The number of H-pyrrole nitrogens is 1. The third-order valence-electron chi connectivity index (χ3n) is 2.43. The normalized spacial score (nSPS) is 10.6. The van der Waals surface area contributed by atoms with Gasteiger partial charge in [0.05, 0.1) is 5.02 Å². The van der Waals surface area contributed by atoms with Gasteiger partial charge in [0.15, 0.2) is 0 Å². The number of carbonyl (C=O) groups is 1. The molecule has 5 heteroatoms. The van der Waals surface area contributed by atoms with Crippen molar-refractivity contribution in [2.75, 3.05) is 6.54 Å². The van der Waals surface area contributed by atoms with Crippen LogP contribution < -0.4 is 10.9 Å². The smallest absolute Gasteiger partial charge is 0.261 e. The molecule has 4 nitrogen and oxygen atoms in total. The molecule has 0 aromatic carbocycles. The quantitative estimate of drug-likeness (QED) is 0.867. The minimum absolute atomic E-state index is 0.0596. The van der Waals surface area contributed by atoms with E-state index in [2.05, 4.69) is 24.1 Å². The van der Waals surface area contributed by atoms with E-state index in [0.29, 0.717) is 23.2 Å². The number of carbonyl (C=O) groups excluding carboxylic acids is 1. The van der Waals surface area contributed by atoms with E-state index in [1.54, 1.807) is 6.92 Å². The minimum Gasteiger partial charge on any atom is -0.352 e. The fourth-order valence-corrected chi connectivity index (χ4v) is 1.49. The first-order valence-corrected chi connectivity index (χ1v) is 5.97. The molecule has 94 valence electrons. The SMILES string of the molecule is Cc1[nH]c(=O)c(C(=O)NCCC(C)C)cc1Cl. The Labute approximate surface area is 105 Å². The predicted octanol–water partition coefficient (Wildman–Crippen LogP) is 2.11. The summed E-state index contributed by atoms with van der Waals surface area (Å²) >= 11 is 5.86. The van der Waals surface area contributed by atoms with E-state index in [9.17, 15) is 9.59 Å². The molecule has 0 aliphatic heterocycles. The molecule has 0 unspecified atom stereocenters. The molecule has 0 saturated heterocycles. The molecule has 2 N–H and O–H groups in total. The van der Waals surface area contributed by atoms with Gasteiger partial charge in [0.25, 0.3) is 11.5 Å². The Morgan fingerprint density at radius 2 is 2.18 bits per heavy atom. The van der Waals surface area contributed by atoms with Crippen molar-refractivity contribution >= 4 is 17.5 Å². The van der Waals surface area contributed by atoms with Gasteiger partial charge < -0.3 is 10.3 Å². The zero-order valence-electron chi connectivity index (χ0n) is 10.3. The molecule has 0 aliphatic carbocycles. The number of aromatic amines is 1. The van der Waals surface area contributed by atoms with Crippen LogP contribution in [0.25, 0.3) is 0 Å². The van der Waals surface area contributed by atoms with E-state index >= 15 is 0 Å². The Balaban J connectivity index is 2.76. The third-order valence-corrected chi connectivity index (χ3v) is 2.82. The largest absolute Gasteiger partial charge is 0.352 e. The van der Waals surface area contributed by atoms with Gasteiger partial charge >= 0.3 is 0 Å². The maximum absolute atomic E-state index is 11.7. The molecule has 0 aliphatic rings. The third kappa shape index (κ3) is 3.89. The molecule has 0 atom stereocenters. The summed E-state index contributed by atoms with van der Waals surface area (Å²) in [6, 6.07) is 1.40. The summed E-state index contributed by atoms with van der Waals surface area (Å²) in [5, 5.41) is 3.09. The number of amides is 1. The van der Waals surface area contributed by atoms with Crippen molar-refractivity contribution < 1.29 is 4.79 Å². The summed E-state index contributed by atoms with van der Waals surface area (Å²) in [5.74, 6) is 0.129. The molecule has 1 aromatic rings. The highest BCUT2D eigenvalue weighted by atomic mass is 35.5. The van der Waals surface area contributed by atoms with Crippen LogP contribution in [0.4, 0.5) is 0 Å². The first-order chi connectivity index (χ1) is 7.91. The maximum atomic E-state index is 11.7. The minimum atomic E-state index is -0.408. The van der Waals surface area contributed by atoms with Crippen molar-refractivity contribution in [2.24, 2.45) is 5.92 Å². The standard InChI is InChI=1S/C12H17ClN2O2/c1-7(2)4-5-14-11(16)9-6-10(13)8(3)15-12(9)17/h6-7H,4-5H2,1-3H3,(H,14,16)(H,15,17). The summed E-state index contributed by atoms with van der Waals surface area (Å²) in [6.07, 6.45) is 0.878. The second-order valence-electron chi connectivity index (χ2n) is 4.42. The van der Waals surface area contributed by atoms with Gasteiger partial charge in [-0.2, -0.15) is 0 Å². The number of hydrogen-bond donors (Lipinski definition) is 2. The average Bonchev–Trinajstić information content (AvgIpc) is 2.22. The Morgan fingerprint density at radius 1 is 1.53 bits per heavy atom. The first-order valence-electron chi connectivity index (χ1n) is 5.59. The zero-order chi connectivity index (χ0) is 13.0. The van der Waals surface area contributed by atoms with Gasteiger partial charge in [-0.05, 0) is 25.3 Å². The summed E-state index contributed by atoms with van der Waals surface area (Å²) in [4.78, 5) is 25.8. The lowest BCUT2D eigenvalue weighted by atomic mass is 10.1. The highest BCUT2D eigenvalue weighted by Crippen LogP contribution is 2.11. The number of aromatic nitrogens is 1. The molecule has 1 amide bonds. The Hall–Kier alpha value is -1.29. The van der Waals surface area contributed by atoms with Gasteiger partial charge in [0, 0.05) is 12.2 Å². The monoisotopic (exact) mass is 256 g/mol. The Kier molecular flexibility index (Phi) is 4.75. The highest BCUT2D eigenvalue weighted by molar-refractivity contribution is 6.31. The van der Waals surface area contributed by atoms with Crippen LogP contribution in [0, 0.1) is 12.8 Å². The van der Waals surface area contributed by atoms with Crippen molar-refractivity contribution in [1.82, 2.24) is 10.3 Å². The second kappa shape index (κ2) is 5.87. The van der Waals surface area contributed by atoms with Crippen molar-refractivity contribution in [2.45, 2.75) is 27.2 Å². The van der Waals surface area contributed by atoms with Gasteiger partial charge in [0.2, 0.25) is 0 Å². The molecular formula is C12H17ClN2O2. The first kappa shape index (κ1) is 13.8. The average molecular weight is 257 g/mol. The van der Waals surface area contributed by atoms with Crippen molar-refractivity contribution in [3.63, 3.8) is 0 Å². The van der Waals surface area contributed by atoms with Gasteiger partial charge in [-0.15, -0.1) is 0 Å². The fourth-order valence-electron chi connectivity index (χ4n) is 1.34. The van der Waals surface area contributed by atoms with Crippen molar-refractivity contribution in [3.8, 4) is 0 Å². The molecular weight excluding hydrogens is 240 g/mol. The van der Waals surface area contributed by atoms with Crippen LogP contribution in [0.2, 0.25) is 5.02 Å². The van der Waals surface area contributed by atoms with Crippen LogP contribution in [-0.4, -0.2) is 17.4 Å².